The number of carbonyl (C=O) groups is 1. The van der Waals surface area contributed by atoms with Crippen LogP contribution in [0.5, 0.6) is 0 Å². The molecular formula is C13H12N4O2. The summed E-state index contributed by atoms with van der Waals surface area (Å²) in [6.07, 6.45) is 0. The molecule has 0 aliphatic rings. The van der Waals surface area contributed by atoms with Crippen LogP contribution in [0.25, 0.3) is 0 Å². The van der Waals surface area contributed by atoms with Crippen molar-refractivity contribution in [2.75, 3.05) is 12.0 Å². The van der Waals surface area contributed by atoms with E-state index < -0.39 is 5.97 Å². The van der Waals surface area contributed by atoms with E-state index in [1.165, 1.54) is 0 Å². The Kier molecular flexibility index (Phi) is 5.06. The molecule has 0 amide bonds. The maximum absolute atomic E-state index is 11.7. The van der Waals surface area contributed by atoms with Crippen LogP contribution in [-0.4, -0.2) is 18.3 Å². The van der Waals surface area contributed by atoms with Crippen LogP contribution in [0.1, 0.15) is 22.8 Å². The molecule has 0 radical (unpaired) electrons. The largest absolute Gasteiger partial charge is 0.462 e. The lowest BCUT2D eigenvalue weighted by molar-refractivity contribution is 0.0525. The van der Waals surface area contributed by atoms with Gasteiger partial charge in [0.1, 0.15) is 12.1 Å². The molecule has 0 aromatic heterocycles. The highest BCUT2D eigenvalue weighted by molar-refractivity contribution is 6.10. The van der Waals surface area contributed by atoms with Crippen molar-refractivity contribution in [2.24, 2.45) is 5.10 Å². The molecule has 0 heterocycles. The summed E-state index contributed by atoms with van der Waals surface area (Å²) in [6, 6.07) is 8.22. The number of rotatable bonds is 4. The SMILES string of the molecule is CCOC(=O)c1cc(NN=C(C#N)C#N)ccc1C. The molecule has 6 nitrogen and oxygen atoms in total. The van der Waals surface area contributed by atoms with Gasteiger partial charge in [0.2, 0.25) is 5.71 Å². The number of carbonyl (C=O) groups excluding carboxylic acids is 1. The summed E-state index contributed by atoms with van der Waals surface area (Å²) in [5.41, 5.74) is 3.94. The van der Waals surface area contributed by atoms with E-state index in [9.17, 15) is 4.79 Å². The van der Waals surface area contributed by atoms with Crippen LogP contribution in [0.4, 0.5) is 5.69 Å². The van der Waals surface area contributed by atoms with E-state index in [-0.39, 0.29) is 5.71 Å². The highest BCUT2D eigenvalue weighted by Gasteiger charge is 2.10. The predicted octanol–water partition coefficient (Wildman–Crippen LogP) is 1.99. The van der Waals surface area contributed by atoms with Gasteiger partial charge in [-0.1, -0.05) is 6.07 Å². The summed E-state index contributed by atoms with van der Waals surface area (Å²) in [5, 5.41) is 20.7. The summed E-state index contributed by atoms with van der Waals surface area (Å²) in [4.78, 5) is 11.7. The topological polar surface area (TPSA) is 98.3 Å². The number of hydrogen-bond acceptors (Lipinski definition) is 6. The van der Waals surface area contributed by atoms with Gasteiger partial charge in [0.05, 0.1) is 17.9 Å². The van der Waals surface area contributed by atoms with E-state index in [2.05, 4.69) is 10.5 Å². The Morgan fingerprint density at radius 3 is 2.68 bits per heavy atom. The molecular weight excluding hydrogens is 244 g/mol. The van der Waals surface area contributed by atoms with Gasteiger partial charge >= 0.3 is 5.97 Å². The van der Waals surface area contributed by atoms with Gasteiger partial charge in [-0.3, -0.25) is 5.43 Å². The van der Waals surface area contributed by atoms with E-state index in [1.54, 1.807) is 44.2 Å². The van der Waals surface area contributed by atoms with E-state index in [0.717, 1.165) is 5.56 Å². The number of esters is 1. The van der Waals surface area contributed by atoms with Crippen molar-refractivity contribution >= 4 is 17.4 Å². The van der Waals surface area contributed by atoms with Crippen molar-refractivity contribution in [3.63, 3.8) is 0 Å². The minimum absolute atomic E-state index is 0.293. The summed E-state index contributed by atoms with van der Waals surface area (Å²) in [7, 11) is 0. The molecule has 0 aliphatic carbocycles. The highest BCUT2D eigenvalue weighted by Crippen LogP contribution is 2.16. The minimum atomic E-state index is -0.423. The van der Waals surface area contributed by atoms with Crippen molar-refractivity contribution in [3.8, 4) is 12.1 Å². The third kappa shape index (κ3) is 3.83. The second kappa shape index (κ2) is 6.77. The average molecular weight is 256 g/mol. The first kappa shape index (κ1) is 14.2. The Morgan fingerprint density at radius 1 is 1.42 bits per heavy atom. The van der Waals surface area contributed by atoms with Gasteiger partial charge in [0.15, 0.2) is 0 Å². The van der Waals surface area contributed by atoms with E-state index in [0.29, 0.717) is 17.9 Å². The lowest BCUT2D eigenvalue weighted by Gasteiger charge is -2.07. The number of nitrogens with zero attached hydrogens (tertiary/aromatic N) is 3. The van der Waals surface area contributed by atoms with Gasteiger partial charge in [0, 0.05) is 0 Å². The van der Waals surface area contributed by atoms with Crippen molar-refractivity contribution in [1.29, 1.82) is 10.5 Å². The fourth-order valence-electron chi connectivity index (χ4n) is 1.32. The average Bonchev–Trinajstić information content (AvgIpc) is 2.41. The van der Waals surface area contributed by atoms with Gasteiger partial charge in [-0.2, -0.15) is 15.6 Å². The standard InChI is InChI=1S/C13H12N4O2/c1-3-19-13(18)12-6-10(5-4-9(12)2)16-17-11(7-14)8-15/h4-6,16H,3H2,1-2H3. The summed E-state index contributed by atoms with van der Waals surface area (Å²) < 4.78 is 4.92. The minimum Gasteiger partial charge on any atom is -0.462 e. The molecule has 0 unspecified atom stereocenters. The van der Waals surface area contributed by atoms with E-state index in [1.807, 2.05) is 0 Å². The number of hydrazone groups is 1. The number of nitrogens with one attached hydrogen (secondary N) is 1. The zero-order valence-electron chi connectivity index (χ0n) is 10.6. The molecule has 0 spiro atoms. The van der Waals surface area contributed by atoms with Crippen LogP contribution < -0.4 is 5.43 Å². The van der Waals surface area contributed by atoms with E-state index in [4.69, 9.17) is 15.3 Å². The number of ether oxygens (including phenoxy) is 1. The Hall–Kier alpha value is -2.86. The van der Waals surface area contributed by atoms with Crippen LogP contribution in [0, 0.1) is 29.6 Å². The monoisotopic (exact) mass is 256 g/mol. The molecule has 19 heavy (non-hydrogen) atoms. The van der Waals surface area contributed by atoms with E-state index >= 15 is 0 Å². The number of aryl methyl sites for hydroxylation is 1. The molecule has 0 aliphatic heterocycles. The summed E-state index contributed by atoms with van der Waals surface area (Å²) in [5.74, 6) is -0.423. The molecule has 1 rings (SSSR count). The number of hydrogen-bond donors (Lipinski definition) is 1. The Balaban J connectivity index is 2.98. The second-order valence-corrected chi connectivity index (χ2v) is 3.55. The molecule has 96 valence electrons. The Labute approximate surface area is 110 Å². The summed E-state index contributed by atoms with van der Waals surface area (Å²) in [6.45, 7) is 3.81. The quantitative estimate of drug-likeness (QED) is 0.504. The fraction of sp³-hybridized carbons (Fsp3) is 0.231. The number of benzene rings is 1. The lowest BCUT2D eigenvalue weighted by atomic mass is 10.1. The Bertz CT molecular complexity index is 578. The zero-order chi connectivity index (χ0) is 14.3. The molecule has 6 heteroatoms. The molecule has 1 aromatic rings. The van der Waals surface area contributed by atoms with Gasteiger partial charge in [-0.15, -0.1) is 0 Å². The summed E-state index contributed by atoms with van der Waals surface area (Å²) >= 11 is 0. The number of nitriles is 2. The molecule has 1 aromatic carbocycles. The molecule has 0 atom stereocenters. The van der Waals surface area contributed by atoms with Gasteiger partial charge in [0.25, 0.3) is 0 Å². The predicted molar refractivity (Wildman–Crippen MR) is 69.4 cm³/mol. The van der Waals surface area contributed by atoms with Crippen molar-refractivity contribution in [1.82, 2.24) is 0 Å². The lowest BCUT2D eigenvalue weighted by Crippen LogP contribution is -2.07. The first-order chi connectivity index (χ1) is 9.12. The van der Waals surface area contributed by atoms with Crippen LogP contribution in [0.2, 0.25) is 0 Å². The molecule has 0 bridgehead atoms. The highest BCUT2D eigenvalue weighted by atomic mass is 16.5. The Morgan fingerprint density at radius 2 is 2.11 bits per heavy atom. The number of anilines is 1. The van der Waals surface area contributed by atoms with Gasteiger partial charge < -0.3 is 4.74 Å². The van der Waals surface area contributed by atoms with Crippen LogP contribution in [0.15, 0.2) is 23.3 Å². The molecule has 0 saturated carbocycles. The zero-order valence-corrected chi connectivity index (χ0v) is 10.6. The normalized spacial score (nSPS) is 8.84. The first-order valence-corrected chi connectivity index (χ1v) is 5.54. The molecule has 1 N–H and O–H groups in total. The molecule has 0 fully saturated rings. The third-order valence-electron chi connectivity index (χ3n) is 2.24. The van der Waals surface area contributed by atoms with Crippen LogP contribution in [0.3, 0.4) is 0 Å². The first-order valence-electron chi connectivity index (χ1n) is 5.54. The third-order valence-corrected chi connectivity index (χ3v) is 2.24. The maximum atomic E-state index is 11.7. The smallest absolute Gasteiger partial charge is 0.338 e. The maximum Gasteiger partial charge on any atom is 0.338 e. The molecule has 0 saturated heterocycles. The fourth-order valence-corrected chi connectivity index (χ4v) is 1.32. The van der Waals surface area contributed by atoms with Crippen LogP contribution in [-0.2, 0) is 4.74 Å². The van der Waals surface area contributed by atoms with Crippen molar-refractivity contribution < 1.29 is 9.53 Å². The van der Waals surface area contributed by atoms with Crippen LogP contribution >= 0.6 is 0 Å². The second-order valence-electron chi connectivity index (χ2n) is 3.55. The van der Waals surface area contributed by atoms with Crippen molar-refractivity contribution in [3.05, 3.63) is 29.3 Å². The van der Waals surface area contributed by atoms with Gasteiger partial charge in [-0.05, 0) is 31.5 Å². The van der Waals surface area contributed by atoms with Crippen molar-refractivity contribution in [2.45, 2.75) is 13.8 Å². The van der Waals surface area contributed by atoms with Gasteiger partial charge in [-0.25, -0.2) is 4.79 Å².